The second kappa shape index (κ2) is 5.19. The minimum absolute atomic E-state index is 0.245. The van der Waals surface area contributed by atoms with E-state index in [0.29, 0.717) is 18.1 Å². The summed E-state index contributed by atoms with van der Waals surface area (Å²) in [4.78, 5) is 0.439. The van der Waals surface area contributed by atoms with Crippen molar-refractivity contribution in [2.75, 3.05) is 19.0 Å². The van der Waals surface area contributed by atoms with Crippen LogP contribution in [0.1, 0.15) is 18.4 Å². The van der Waals surface area contributed by atoms with Crippen LogP contribution in [0.5, 0.6) is 0 Å². The molecule has 1 heterocycles. The van der Waals surface area contributed by atoms with E-state index in [1.165, 1.54) is 0 Å². The van der Waals surface area contributed by atoms with E-state index in [9.17, 15) is 8.42 Å². The van der Waals surface area contributed by atoms with Crippen molar-refractivity contribution in [2.24, 2.45) is 5.92 Å². The van der Waals surface area contributed by atoms with Gasteiger partial charge in [-0.25, -0.2) is 8.42 Å². The topological polar surface area (TPSA) is 43.4 Å². The molecule has 1 aromatic rings. The Morgan fingerprint density at radius 2 is 1.76 bits per heavy atom. The molecule has 0 aliphatic carbocycles. The van der Waals surface area contributed by atoms with Crippen molar-refractivity contribution in [1.82, 2.24) is 0 Å². The molecule has 0 aromatic heterocycles. The Kier molecular flexibility index (Phi) is 3.84. The summed E-state index contributed by atoms with van der Waals surface area (Å²) < 4.78 is 29.6. The SMILES string of the molecule is Cc1ccc(S(=O)(=O)CC2CCOCC2)cc1. The number of hydrogen-bond donors (Lipinski definition) is 0. The Morgan fingerprint density at radius 1 is 1.18 bits per heavy atom. The summed E-state index contributed by atoms with van der Waals surface area (Å²) in [6, 6.07) is 7.09. The van der Waals surface area contributed by atoms with Gasteiger partial charge >= 0.3 is 0 Å². The molecule has 17 heavy (non-hydrogen) atoms. The van der Waals surface area contributed by atoms with Crippen molar-refractivity contribution >= 4 is 9.84 Å². The van der Waals surface area contributed by atoms with Crippen LogP contribution in [0.25, 0.3) is 0 Å². The first kappa shape index (κ1) is 12.6. The maximum atomic E-state index is 12.2. The van der Waals surface area contributed by atoms with Crippen molar-refractivity contribution in [1.29, 1.82) is 0 Å². The van der Waals surface area contributed by atoms with Crippen LogP contribution in [0.15, 0.2) is 29.2 Å². The largest absolute Gasteiger partial charge is 0.381 e. The molecule has 2 rings (SSSR count). The van der Waals surface area contributed by atoms with Gasteiger partial charge in [-0.2, -0.15) is 0 Å². The normalized spacial score (nSPS) is 18.2. The molecule has 0 saturated carbocycles. The van der Waals surface area contributed by atoms with Crippen LogP contribution >= 0.6 is 0 Å². The summed E-state index contributed by atoms with van der Waals surface area (Å²) >= 11 is 0. The number of sulfone groups is 1. The Morgan fingerprint density at radius 3 is 2.35 bits per heavy atom. The van der Waals surface area contributed by atoms with Gasteiger partial charge in [0.2, 0.25) is 0 Å². The highest BCUT2D eigenvalue weighted by molar-refractivity contribution is 7.91. The molecule has 4 heteroatoms. The first-order valence-corrected chi connectivity index (χ1v) is 7.60. The second-order valence-corrected chi connectivity index (χ2v) is 6.68. The van der Waals surface area contributed by atoms with Crippen molar-refractivity contribution in [3.05, 3.63) is 29.8 Å². The Labute approximate surface area is 103 Å². The van der Waals surface area contributed by atoms with Gasteiger partial charge < -0.3 is 4.74 Å². The molecule has 1 aliphatic rings. The first-order valence-electron chi connectivity index (χ1n) is 5.95. The summed E-state index contributed by atoms with van der Waals surface area (Å²) in [5, 5.41) is 0. The summed E-state index contributed by atoms with van der Waals surface area (Å²) in [7, 11) is -3.13. The van der Waals surface area contributed by atoms with Gasteiger partial charge in [-0.1, -0.05) is 17.7 Å². The summed E-state index contributed by atoms with van der Waals surface area (Å²) in [6.07, 6.45) is 1.70. The third-order valence-corrected chi connectivity index (χ3v) is 5.08. The molecule has 0 amide bonds. The lowest BCUT2D eigenvalue weighted by atomic mass is 10.0. The Balaban J connectivity index is 2.10. The number of ether oxygens (including phenoxy) is 1. The molecule has 1 aromatic carbocycles. The predicted molar refractivity (Wildman–Crippen MR) is 66.8 cm³/mol. The lowest BCUT2D eigenvalue weighted by Crippen LogP contribution is -2.23. The quantitative estimate of drug-likeness (QED) is 0.830. The van der Waals surface area contributed by atoms with Crippen LogP contribution in [0.3, 0.4) is 0 Å². The molecule has 0 unspecified atom stereocenters. The van der Waals surface area contributed by atoms with Gasteiger partial charge in [0.15, 0.2) is 9.84 Å². The number of rotatable bonds is 3. The third-order valence-electron chi connectivity index (χ3n) is 3.18. The van der Waals surface area contributed by atoms with Crippen molar-refractivity contribution < 1.29 is 13.2 Å². The molecule has 1 aliphatic heterocycles. The average molecular weight is 254 g/mol. The monoisotopic (exact) mass is 254 g/mol. The molecule has 0 spiro atoms. The number of aryl methyl sites for hydroxylation is 1. The number of benzene rings is 1. The zero-order valence-corrected chi connectivity index (χ0v) is 10.9. The molecule has 94 valence electrons. The number of hydrogen-bond acceptors (Lipinski definition) is 3. The molecule has 0 bridgehead atoms. The molecular formula is C13H18O3S. The van der Waals surface area contributed by atoms with E-state index in [1.807, 2.05) is 19.1 Å². The zero-order chi connectivity index (χ0) is 12.3. The van der Waals surface area contributed by atoms with Gasteiger partial charge in [0.1, 0.15) is 0 Å². The van der Waals surface area contributed by atoms with Crippen LogP contribution in [0, 0.1) is 12.8 Å². The van der Waals surface area contributed by atoms with Gasteiger partial charge in [0.25, 0.3) is 0 Å². The third kappa shape index (κ3) is 3.30. The predicted octanol–water partition coefficient (Wildman–Crippen LogP) is 2.20. The Bertz CT molecular complexity index is 456. The van der Waals surface area contributed by atoms with E-state index < -0.39 is 9.84 Å². The molecule has 0 atom stereocenters. The van der Waals surface area contributed by atoms with E-state index in [-0.39, 0.29) is 11.7 Å². The van der Waals surface area contributed by atoms with Crippen LogP contribution < -0.4 is 0 Å². The van der Waals surface area contributed by atoms with E-state index in [2.05, 4.69) is 0 Å². The minimum Gasteiger partial charge on any atom is -0.381 e. The van der Waals surface area contributed by atoms with Crippen molar-refractivity contribution in [2.45, 2.75) is 24.7 Å². The average Bonchev–Trinajstić information content (AvgIpc) is 2.30. The van der Waals surface area contributed by atoms with Gasteiger partial charge in [-0.3, -0.25) is 0 Å². The Hall–Kier alpha value is -0.870. The summed E-state index contributed by atoms with van der Waals surface area (Å²) in [6.45, 7) is 3.33. The van der Waals surface area contributed by atoms with Gasteiger partial charge in [0, 0.05) is 13.2 Å². The zero-order valence-electron chi connectivity index (χ0n) is 10.1. The molecule has 1 saturated heterocycles. The molecule has 1 fully saturated rings. The standard InChI is InChI=1S/C13H18O3S/c1-11-2-4-13(5-3-11)17(14,15)10-12-6-8-16-9-7-12/h2-5,12H,6-10H2,1H3. The van der Waals surface area contributed by atoms with Crippen LogP contribution in [-0.4, -0.2) is 27.4 Å². The van der Waals surface area contributed by atoms with E-state index >= 15 is 0 Å². The maximum absolute atomic E-state index is 12.2. The van der Waals surface area contributed by atoms with Gasteiger partial charge in [-0.15, -0.1) is 0 Å². The van der Waals surface area contributed by atoms with E-state index in [0.717, 1.165) is 18.4 Å². The maximum Gasteiger partial charge on any atom is 0.178 e. The first-order chi connectivity index (χ1) is 8.08. The van der Waals surface area contributed by atoms with E-state index in [4.69, 9.17) is 4.74 Å². The lowest BCUT2D eigenvalue weighted by Gasteiger charge is -2.21. The van der Waals surface area contributed by atoms with Crippen molar-refractivity contribution in [3.63, 3.8) is 0 Å². The van der Waals surface area contributed by atoms with Crippen LogP contribution in [0.4, 0.5) is 0 Å². The smallest absolute Gasteiger partial charge is 0.178 e. The highest BCUT2D eigenvalue weighted by Crippen LogP contribution is 2.21. The van der Waals surface area contributed by atoms with Crippen LogP contribution in [0.2, 0.25) is 0 Å². The lowest BCUT2D eigenvalue weighted by molar-refractivity contribution is 0.0723. The highest BCUT2D eigenvalue weighted by atomic mass is 32.2. The van der Waals surface area contributed by atoms with Crippen LogP contribution in [-0.2, 0) is 14.6 Å². The van der Waals surface area contributed by atoms with E-state index in [1.54, 1.807) is 12.1 Å². The fourth-order valence-corrected chi connectivity index (χ4v) is 3.76. The molecule has 0 N–H and O–H groups in total. The molecule has 0 radical (unpaired) electrons. The fraction of sp³-hybridized carbons (Fsp3) is 0.538. The van der Waals surface area contributed by atoms with Gasteiger partial charge in [0.05, 0.1) is 10.6 Å². The van der Waals surface area contributed by atoms with Crippen molar-refractivity contribution in [3.8, 4) is 0 Å². The molecular weight excluding hydrogens is 236 g/mol. The highest BCUT2D eigenvalue weighted by Gasteiger charge is 2.23. The molecule has 3 nitrogen and oxygen atoms in total. The summed E-state index contributed by atoms with van der Waals surface area (Å²) in [5.74, 6) is 0.495. The second-order valence-electron chi connectivity index (χ2n) is 4.65. The minimum atomic E-state index is -3.13. The fourth-order valence-electron chi connectivity index (χ4n) is 2.07. The summed E-state index contributed by atoms with van der Waals surface area (Å²) in [5.41, 5.74) is 1.08. The van der Waals surface area contributed by atoms with Gasteiger partial charge in [-0.05, 0) is 37.8 Å².